The maximum absolute atomic E-state index is 13.1. The minimum atomic E-state index is -0.924. The van der Waals surface area contributed by atoms with Crippen molar-refractivity contribution >= 4 is 29.6 Å². The Morgan fingerprint density at radius 3 is 2.46 bits per heavy atom. The number of hydrogen-bond acceptors (Lipinski definition) is 5. The Balaban J connectivity index is 2.01. The van der Waals surface area contributed by atoms with E-state index in [1.165, 1.54) is 43.5 Å². The predicted octanol–water partition coefficient (Wildman–Crippen LogP) is 2.21. The summed E-state index contributed by atoms with van der Waals surface area (Å²) in [6.07, 6.45) is 1.27. The van der Waals surface area contributed by atoms with Crippen molar-refractivity contribution in [3.63, 3.8) is 0 Å². The van der Waals surface area contributed by atoms with E-state index in [0.717, 1.165) is 17.0 Å². The van der Waals surface area contributed by atoms with Gasteiger partial charge < -0.3 is 9.84 Å². The van der Waals surface area contributed by atoms with Gasteiger partial charge in [0.2, 0.25) is 0 Å². The van der Waals surface area contributed by atoms with Gasteiger partial charge in [0.25, 0.3) is 11.8 Å². The molecule has 132 valence electrons. The number of imide groups is 2. The van der Waals surface area contributed by atoms with Crippen LogP contribution < -0.4 is 15.0 Å². The Labute approximate surface area is 147 Å². The van der Waals surface area contributed by atoms with Crippen molar-refractivity contribution in [2.75, 3.05) is 12.0 Å². The summed E-state index contributed by atoms with van der Waals surface area (Å²) in [5.41, 5.74) is 0.240. The maximum Gasteiger partial charge on any atom is 0.335 e. The van der Waals surface area contributed by atoms with Gasteiger partial charge in [-0.2, -0.15) is 0 Å². The van der Waals surface area contributed by atoms with E-state index in [1.54, 1.807) is 0 Å². The standard InChI is InChI=1S/C18H13FN2O5/c1-26-15-9-10(2-7-14(15)22)8-13-16(23)20-18(25)21(17(13)24)12-5-3-11(19)4-6-12/h2-9,22H,1H3,(H,20,23,25). The molecule has 2 aromatic rings. The maximum atomic E-state index is 13.1. The first-order valence-corrected chi connectivity index (χ1v) is 7.44. The van der Waals surface area contributed by atoms with Crippen LogP contribution in [0.4, 0.5) is 14.9 Å². The summed E-state index contributed by atoms with van der Waals surface area (Å²) in [6, 6.07) is 8.03. The molecule has 26 heavy (non-hydrogen) atoms. The van der Waals surface area contributed by atoms with Crippen LogP contribution in [-0.4, -0.2) is 30.1 Å². The van der Waals surface area contributed by atoms with Crippen LogP contribution in [0.5, 0.6) is 11.5 Å². The summed E-state index contributed by atoms with van der Waals surface area (Å²) < 4.78 is 18.1. The molecule has 1 aliphatic heterocycles. The van der Waals surface area contributed by atoms with E-state index < -0.39 is 23.7 Å². The summed E-state index contributed by atoms with van der Waals surface area (Å²) in [7, 11) is 1.36. The van der Waals surface area contributed by atoms with Crippen LogP contribution >= 0.6 is 0 Å². The van der Waals surface area contributed by atoms with Gasteiger partial charge in [0.15, 0.2) is 11.5 Å². The topological polar surface area (TPSA) is 95.9 Å². The first-order valence-electron chi connectivity index (χ1n) is 7.44. The highest BCUT2D eigenvalue weighted by atomic mass is 19.1. The monoisotopic (exact) mass is 356 g/mol. The van der Waals surface area contributed by atoms with Crippen LogP contribution in [0.15, 0.2) is 48.0 Å². The number of ether oxygens (including phenoxy) is 1. The molecule has 0 atom stereocenters. The third kappa shape index (κ3) is 3.12. The fourth-order valence-electron chi connectivity index (χ4n) is 2.43. The first kappa shape index (κ1) is 17.2. The zero-order valence-corrected chi connectivity index (χ0v) is 13.5. The van der Waals surface area contributed by atoms with Crippen LogP contribution in [0.25, 0.3) is 6.08 Å². The van der Waals surface area contributed by atoms with Crippen LogP contribution in [0.1, 0.15) is 5.56 Å². The van der Waals surface area contributed by atoms with Crippen molar-refractivity contribution < 1.29 is 28.6 Å². The Kier molecular flexibility index (Phi) is 4.40. The van der Waals surface area contributed by atoms with Gasteiger partial charge in [0, 0.05) is 0 Å². The van der Waals surface area contributed by atoms with Crippen molar-refractivity contribution in [1.82, 2.24) is 5.32 Å². The van der Waals surface area contributed by atoms with Gasteiger partial charge in [-0.3, -0.25) is 14.9 Å². The molecule has 1 heterocycles. The van der Waals surface area contributed by atoms with Gasteiger partial charge in [-0.15, -0.1) is 0 Å². The lowest BCUT2D eigenvalue weighted by atomic mass is 10.1. The Bertz CT molecular complexity index is 937. The number of amides is 4. The number of methoxy groups -OCH3 is 1. The number of hydrogen-bond donors (Lipinski definition) is 2. The average molecular weight is 356 g/mol. The van der Waals surface area contributed by atoms with Crippen molar-refractivity contribution in [2.24, 2.45) is 0 Å². The number of urea groups is 1. The van der Waals surface area contributed by atoms with Crippen molar-refractivity contribution in [1.29, 1.82) is 0 Å². The smallest absolute Gasteiger partial charge is 0.335 e. The molecule has 0 radical (unpaired) electrons. The van der Waals surface area contributed by atoms with Crippen LogP contribution in [0.3, 0.4) is 0 Å². The molecule has 1 saturated heterocycles. The molecule has 3 rings (SSSR count). The van der Waals surface area contributed by atoms with Gasteiger partial charge >= 0.3 is 6.03 Å². The number of carbonyl (C=O) groups excluding carboxylic acids is 3. The van der Waals surface area contributed by atoms with Crippen LogP contribution in [-0.2, 0) is 9.59 Å². The molecule has 0 bridgehead atoms. The molecule has 0 saturated carbocycles. The van der Waals surface area contributed by atoms with E-state index in [2.05, 4.69) is 5.32 Å². The fraction of sp³-hybridized carbons (Fsp3) is 0.0556. The Hall–Kier alpha value is -3.68. The number of benzene rings is 2. The zero-order chi connectivity index (χ0) is 18.8. The van der Waals surface area contributed by atoms with E-state index >= 15 is 0 Å². The van der Waals surface area contributed by atoms with Crippen molar-refractivity contribution in [3.8, 4) is 11.5 Å². The number of phenolic OH excluding ortho intramolecular Hbond substituents is 1. The molecule has 4 amide bonds. The van der Waals surface area contributed by atoms with E-state index in [9.17, 15) is 23.9 Å². The number of barbiturate groups is 1. The van der Waals surface area contributed by atoms with Crippen LogP contribution in [0.2, 0.25) is 0 Å². The second kappa shape index (κ2) is 6.67. The number of phenols is 1. The molecular weight excluding hydrogens is 343 g/mol. The second-order valence-electron chi connectivity index (χ2n) is 5.37. The minimum Gasteiger partial charge on any atom is -0.504 e. The zero-order valence-electron chi connectivity index (χ0n) is 13.5. The van der Waals surface area contributed by atoms with Gasteiger partial charge in [-0.05, 0) is 48.0 Å². The molecule has 8 heteroatoms. The second-order valence-corrected chi connectivity index (χ2v) is 5.37. The minimum absolute atomic E-state index is 0.0998. The largest absolute Gasteiger partial charge is 0.504 e. The molecule has 0 unspecified atom stereocenters. The normalized spacial score (nSPS) is 16.0. The lowest BCUT2D eigenvalue weighted by molar-refractivity contribution is -0.122. The van der Waals surface area contributed by atoms with E-state index in [-0.39, 0.29) is 22.8 Å². The van der Waals surface area contributed by atoms with E-state index in [1.807, 2.05) is 0 Å². The third-order valence-electron chi connectivity index (χ3n) is 3.70. The Morgan fingerprint density at radius 1 is 1.12 bits per heavy atom. The number of carbonyl (C=O) groups is 3. The van der Waals surface area contributed by atoms with E-state index in [0.29, 0.717) is 5.56 Å². The molecule has 0 aliphatic carbocycles. The molecule has 2 N–H and O–H groups in total. The molecule has 0 spiro atoms. The lowest BCUT2D eigenvalue weighted by Gasteiger charge is -2.26. The first-order chi connectivity index (χ1) is 12.4. The highest BCUT2D eigenvalue weighted by Crippen LogP contribution is 2.28. The number of nitrogens with one attached hydrogen (secondary N) is 1. The van der Waals surface area contributed by atoms with Crippen molar-refractivity contribution in [3.05, 3.63) is 59.4 Å². The number of anilines is 1. The van der Waals surface area contributed by atoms with Gasteiger partial charge in [-0.25, -0.2) is 14.1 Å². The van der Waals surface area contributed by atoms with Crippen molar-refractivity contribution in [2.45, 2.75) is 0 Å². The molecular formula is C18H13FN2O5. The highest BCUT2D eigenvalue weighted by molar-refractivity contribution is 6.39. The van der Waals surface area contributed by atoms with Gasteiger partial charge in [0.05, 0.1) is 12.8 Å². The molecule has 2 aromatic carbocycles. The highest BCUT2D eigenvalue weighted by Gasteiger charge is 2.36. The third-order valence-corrected chi connectivity index (χ3v) is 3.70. The summed E-state index contributed by atoms with van der Waals surface area (Å²) >= 11 is 0. The number of rotatable bonds is 3. The molecule has 7 nitrogen and oxygen atoms in total. The number of halogens is 1. The lowest BCUT2D eigenvalue weighted by Crippen LogP contribution is -2.54. The van der Waals surface area contributed by atoms with Crippen LogP contribution in [0, 0.1) is 5.82 Å². The fourth-order valence-corrected chi connectivity index (χ4v) is 2.43. The summed E-state index contributed by atoms with van der Waals surface area (Å²) in [4.78, 5) is 37.5. The number of nitrogens with zero attached hydrogens (tertiary/aromatic N) is 1. The molecule has 1 aliphatic rings. The summed E-state index contributed by atoms with van der Waals surface area (Å²) in [5.74, 6) is -2.17. The van der Waals surface area contributed by atoms with Gasteiger partial charge in [-0.1, -0.05) is 6.07 Å². The molecule has 1 fully saturated rings. The van der Waals surface area contributed by atoms with Gasteiger partial charge in [0.1, 0.15) is 11.4 Å². The summed E-state index contributed by atoms with van der Waals surface area (Å²) in [6.45, 7) is 0. The van der Waals surface area contributed by atoms with E-state index in [4.69, 9.17) is 4.74 Å². The number of aromatic hydroxyl groups is 1. The quantitative estimate of drug-likeness (QED) is 0.649. The predicted molar refractivity (Wildman–Crippen MR) is 90.1 cm³/mol. The average Bonchev–Trinajstić information content (AvgIpc) is 2.61. The molecule has 0 aromatic heterocycles. The summed E-state index contributed by atoms with van der Waals surface area (Å²) in [5, 5.41) is 11.7. The SMILES string of the molecule is COc1cc(C=C2C(=O)NC(=O)N(c3ccc(F)cc3)C2=O)ccc1O. The Morgan fingerprint density at radius 2 is 1.81 bits per heavy atom.